The predicted octanol–water partition coefficient (Wildman–Crippen LogP) is 4.02. The molecule has 1 aliphatic heterocycles. The fraction of sp³-hybridized carbons (Fsp3) is 0.812. The standard InChI is InChI=1S/C16H28N2OS/c1-6-11(2)14-13(10-19)20-15(17-14)18-8-7-12(9-18)16(3,4)5/h11-12,19H,6-10H2,1-5H3. The van der Waals surface area contributed by atoms with Crippen LogP contribution in [0.1, 0.15) is 63.9 Å². The van der Waals surface area contributed by atoms with Crippen LogP contribution in [0.4, 0.5) is 5.13 Å². The quantitative estimate of drug-likeness (QED) is 0.911. The molecule has 1 saturated heterocycles. The van der Waals surface area contributed by atoms with Gasteiger partial charge in [-0.15, -0.1) is 0 Å². The summed E-state index contributed by atoms with van der Waals surface area (Å²) in [5, 5.41) is 10.7. The second kappa shape index (κ2) is 6.02. The number of hydrogen-bond acceptors (Lipinski definition) is 4. The fourth-order valence-electron chi connectivity index (χ4n) is 2.82. The summed E-state index contributed by atoms with van der Waals surface area (Å²) in [6.45, 7) is 13.7. The van der Waals surface area contributed by atoms with E-state index in [0.29, 0.717) is 11.3 Å². The van der Waals surface area contributed by atoms with E-state index in [0.717, 1.165) is 41.1 Å². The first kappa shape index (κ1) is 15.8. The summed E-state index contributed by atoms with van der Waals surface area (Å²) in [6, 6.07) is 0. The first-order valence-corrected chi connectivity index (χ1v) is 8.53. The average Bonchev–Trinajstić information content (AvgIpc) is 3.02. The van der Waals surface area contributed by atoms with E-state index in [1.54, 1.807) is 11.3 Å². The van der Waals surface area contributed by atoms with Gasteiger partial charge in [0.15, 0.2) is 5.13 Å². The summed E-state index contributed by atoms with van der Waals surface area (Å²) in [7, 11) is 0. The van der Waals surface area contributed by atoms with Crippen molar-refractivity contribution in [2.45, 2.75) is 60.0 Å². The molecule has 1 N–H and O–H groups in total. The van der Waals surface area contributed by atoms with Crippen LogP contribution in [0.15, 0.2) is 0 Å². The van der Waals surface area contributed by atoms with Gasteiger partial charge in [-0.25, -0.2) is 4.98 Å². The molecule has 1 aromatic heterocycles. The Bertz CT molecular complexity index is 450. The van der Waals surface area contributed by atoms with E-state index >= 15 is 0 Å². The van der Waals surface area contributed by atoms with Gasteiger partial charge in [0.25, 0.3) is 0 Å². The van der Waals surface area contributed by atoms with Crippen LogP contribution in [0, 0.1) is 11.3 Å². The summed E-state index contributed by atoms with van der Waals surface area (Å²) >= 11 is 1.68. The van der Waals surface area contributed by atoms with Gasteiger partial charge in [-0.3, -0.25) is 0 Å². The number of rotatable bonds is 4. The van der Waals surface area contributed by atoms with Crippen molar-refractivity contribution >= 4 is 16.5 Å². The number of hydrogen-bond donors (Lipinski definition) is 1. The second-order valence-electron chi connectivity index (χ2n) is 7.07. The van der Waals surface area contributed by atoms with Gasteiger partial charge < -0.3 is 10.0 Å². The van der Waals surface area contributed by atoms with E-state index in [1.165, 1.54) is 6.42 Å². The number of aromatic nitrogens is 1. The fourth-order valence-corrected chi connectivity index (χ4v) is 3.89. The van der Waals surface area contributed by atoms with Crippen molar-refractivity contribution in [2.24, 2.45) is 11.3 Å². The third-order valence-electron chi connectivity index (χ3n) is 4.62. The van der Waals surface area contributed by atoms with E-state index in [1.807, 2.05) is 0 Å². The van der Waals surface area contributed by atoms with E-state index in [9.17, 15) is 5.11 Å². The Hall–Kier alpha value is -0.610. The van der Waals surface area contributed by atoms with E-state index in [-0.39, 0.29) is 6.61 Å². The van der Waals surface area contributed by atoms with Crippen molar-refractivity contribution in [3.8, 4) is 0 Å². The molecule has 0 amide bonds. The molecule has 114 valence electrons. The molecule has 2 atom stereocenters. The Kier molecular flexibility index (Phi) is 4.75. The van der Waals surface area contributed by atoms with Crippen LogP contribution in [0.2, 0.25) is 0 Å². The van der Waals surface area contributed by atoms with Crippen molar-refractivity contribution in [3.63, 3.8) is 0 Å². The van der Waals surface area contributed by atoms with Crippen molar-refractivity contribution in [3.05, 3.63) is 10.6 Å². The predicted molar refractivity (Wildman–Crippen MR) is 86.5 cm³/mol. The van der Waals surface area contributed by atoms with Crippen LogP contribution in [-0.2, 0) is 6.61 Å². The lowest BCUT2D eigenvalue weighted by atomic mass is 9.80. The van der Waals surface area contributed by atoms with Crippen LogP contribution in [0.25, 0.3) is 0 Å². The molecule has 4 heteroatoms. The summed E-state index contributed by atoms with van der Waals surface area (Å²) in [6.07, 6.45) is 2.32. The molecule has 3 nitrogen and oxygen atoms in total. The van der Waals surface area contributed by atoms with E-state index in [4.69, 9.17) is 4.98 Å². The highest BCUT2D eigenvalue weighted by Crippen LogP contribution is 2.38. The highest BCUT2D eigenvalue weighted by Gasteiger charge is 2.33. The smallest absolute Gasteiger partial charge is 0.185 e. The van der Waals surface area contributed by atoms with Gasteiger partial charge in [-0.2, -0.15) is 0 Å². The molecule has 0 aliphatic carbocycles. The number of aliphatic hydroxyl groups excluding tert-OH is 1. The largest absolute Gasteiger partial charge is 0.391 e. The lowest BCUT2D eigenvalue weighted by molar-refractivity contribution is 0.263. The molecule has 2 unspecified atom stereocenters. The molecule has 0 radical (unpaired) electrons. The van der Waals surface area contributed by atoms with Crippen molar-refractivity contribution in [1.29, 1.82) is 0 Å². The SMILES string of the molecule is CCC(C)c1nc(N2CCC(C(C)(C)C)C2)sc1CO. The van der Waals surface area contributed by atoms with Gasteiger partial charge in [0.2, 0.25) is 0 Å². The van der Waals surface area contributed by atoms with Crippen molar-refractivity contribution in [1.82, 2.24) is 4.98 Å². The molecule has 2 rings (SSSR count). The maximum atomic E-state index is 9.55. The number of nitrogens with zero attached hydrogens (tertiary/aromatic N) is 2. The minimum atomic E-state index is 0.119. The van der Waals surface area contributed by atoms with E-state index in [2.05, 4.69) is 39.5 Å². The average molecular weight is 296 g/mol. The summed E-state index contributed by atoms with van der Waals surface area (Å²) in [4.78, 5) is 8.29. The molecular weight excluding hydrogens is 268 g/mol. The summed E-state index contributed by atoms with van der Waals surface area (Å²) < 4.78 is 0. The molecule has 1 fully saturated rings. The van der Waals surface area contributed by atoms with Crippen molar-refractivity contribution in [2.75, 3.05) is 18.0 Å². The molecule has 1 aromatic rings. The van der Waals surface area contributed by atoms with Crippen LogP contribution in [0.3, 0.4) is 0 Å². The first-order chi connectivity index (χ1) is 9.36. The lowest BCUT2D eigenvalue weighted by Gasteiger charge is -2.26. The van der Waals surface area contributed by atoms with E-state index < -0.39 is 0 Å². The molecule has 20 heavy (non-hydrogen) atoms. The second-order valence-corrected chi connectivity index (χ2v) is 8.13. The van der Waals surface area contributed by atoms with Gasteiger partial charge >= 0.3 is 0 Å². The molecule has 0 spiro atoms. The summed E-state index contributed by atoms with van der Waals surface area (Å²) in [5.74, 6) is 1.17. The normalized spacial score (nSPS) is 21.5. The minimum Gasteiger partial charge on any atom is -0.391 e. The minimum absolute atomic E-state index is 0.119. The first-order valence-electron chi connectivity index (χ1n) is 7.72. The van der Waals surface area contributed by atoms with Crippen LogP contribution >= 0.6 is 11.3 Å². The number of aliphatic hydroxyl groups is 1. The highest BCUT2D eigenvalue weighted by atomic mass is 32.1. The molecular formula is C16H28N2OS. The summed E-state index contributed by atoms with van der Waals surface area (Å²) in [5.41, 5.74) is 1.47. The maximum absolute atomic E-state index is 9.55. The molecule has 0 aromatic carbocycles. The molecule has 2 heterocycles. The zero-order chi connectivity index (χ0) is 14.9. The van der Waals surface area contributed by atoms with Crippen LogP contribution in [-0.4, -0.2) is 23.2 Å². The zero-order valence-corrected chi connectivity index (χ0v) is 14.3. The highest BCUT2D eigenvalue weighted by molar-refractivity contribution is 7.15. The Morgan fingerprint density at radius 3 is 2.65 bits per heavy atom. The molecule has 1 aliphatic rings. The van der Waals surface area contributed by atoms with Gasteiger partial charge in [-0.05, 0) is 30.1 Å². The Morgan fingerprint density at radius 2 is 2.15 bits per heavy atom. The Labute approximate surface area is 127 Å². The van der Waals surface area contributed by atoms with Gasteiger partial charge in [-0.1, -0.05) is 46.0 Å². The maximum Gasteiger partial charge on any atom is 0.185 e. The third kappa shape index (κ3) is 3.17. The molecule has 0 bridgehead atoms. The van der Waals surface area contributed by atoms with Crippen molar-refractivity contribution < 1.29 is 5.11 Å². The number of thiazole rings is 1. The Morgan fingerprint density at radius 1 is 1.45 bits per heavy atom. The monoisotopic (exact) mass is 296 g/mol. The number of anilines is 1. The topological polar surface area (TPSA) is 36.4 Å². The van der Waals surface area contributed by atoms with Gasteiger partial charge in [0.1, 0.15) is 0 Å². The Balaban J connectivity index is 2.16. The zero-order valence-electron chi connectivity index (χ0n) is 13.4. The van der Waals surface area contributed by atoms with Gasteiger partial charge in [0.05, 0.1) is 17.2 Å². The lowest BCUT2D eigenvalue weighted by Crippen LogP contribution is -2.25. The third-order valence-corrected chi connectivity index (χ3v) is 5.74. The van der Waals surface area contributed by atoms with Crippen LogP contribution < -0.4 is 4.90 Å². The van der Waals surface area contributed by atoms with Gasteiger partial charge in [0, 0.05) is 13.1 Å². The molecule has 0 saturated carbocycles. The van der Waals surface area contributed by atoms with Crippen LogP contribution in [0.5, 0.6) is 0 Å².